The molecule has 0 fully saturated rings. The van der Waals surface area contributed by atoms with Gasteiger partial charge < -0.3 is 10.3 Å². The number of anilines is 1. The van der Waals surface area contributed by atoms with Crippen molar-refractivity contribution >= 4 is 44.9 Å². The van der Waals surface area contributed by atoms with E-state index in [1.54, 1.807) is 13.0 Å². The number of fused-ring (bicyclic) bond motifs is 1. The van der Waals surface area contributed by atoms with Crippen molar-refractivity contribution in [3.05, 3.63) is 56.7 Å². The van der Waals surface area contributed by atoms with Crippen molar-refractivity contribution < 1.29 is 9.18 Å². The molecule has 0 aliphatic rings. The molecular formula is C18H18FN3O2S2. The third-order valence-electron chi connectivity index (χ3n) is 4.02. The first-order valence-electron chi connectivity index (χ1n) is 8.02. The van der Waals surface area contributed by atoms with Crippen LogP contribution in [0, 0.1) is 19.7 Å². The van der Waals surface area contributed by atoms with Crippen molar-refractivity contribution in [2.24, 2.45) is 0 Å². The topological polar surface area (TPSA) is 74.8 Å². The number of rotatable bonds is 5. The van der Waals surface area contributed by atoms with Gasteiger partial charge in [0, 0.05) is 10.6 Å². The lowest BCUT2D eigenvalue weighted by molar-refractivity contribution is -0.115. The smallest absolute Gasteiger partial charge is 0.259 e. The van der Waals surface area contributed by atoms with Gasteiger partial charge in [-0.2, -0.15) is 0 Å². The largest absolute Gasteiger partial charge is 0.325 e. The predicted molar refractivity (Wildman–Crippen MR) is 106 cm³/mol. The molecule has 0 bridgehead atoms. The summed E-state index contributed by atoms with van der Waals surface area (Å²) < 4.78 is 13.2. The molecule has 136 valence electrons. The molecule has 0 saturated carbocycles. The first-order valence-corrected chi connectivity index (χ1v) is 9.88. The summed E-state index contributed by atoms with van der Waals surface area (Å²) in [7, 11) is 0. The summed E-state index contributed by atoms with van der Waals surface area (Å²) in [6.07, 6.45) is 0. The fourth-order valence-electron chi connectivity index (χ4n) is 2.46. The van der Waals surface area contributed by atoms with E-state index in [1.165, 1.54) is 41.3 Å². The first-order chi connectivity index (χ1) is 12.3. The Kier molecular flexibility index (Phi) is 5.43. The quantitative estimate of drug-likeness (QED) is 0.689. The molecule has 0 saturated heterocycles. The zero-order valence-corrected chi connectivity index (χ0v) is 16.2. The number of carbonyl (C=O) groups is 1. The molecule has 1 aromatic carbocycles. The van der Waals surface area contributed by atoms with E-state index in [-0.39, 0.29) is 16.7 Å². The fraction of sp³-hybridized carbons (Fsp3) is 0.278. The zero-order valence-electron chi connectivity index (χ0n) is 14.6. The Morgan fingerprint density at radius 2 is 2.19 bits per heavy atom. The van der Waals surface area contributed by atoms with Crippen LogP contribution >= 0.6 is 23.1 Å². The highest BCUT2D eigenvalue weighted by Gasteiger charge is 2.16. The normalized spacial score (nSPS) is 12.3. The van der Waals surface area contributed by atoms with E-state index in [9.17, 15) is 14.0 Å². The summed E-state index contributed by atoms with van der Waals surface area (Å²) in [5.41, 5.74) is 1.23. The molecule has 1 unspecified atom stereocenters. The first kappa shape index (κ1) is 18.6. The minimum absolute atomic E-state index is 0.149. The van der Waals surface area contributed by atoms with Gasteiger partial charge >= 0.3 is 0 Å². The molecule has 3 aromatic rings. The highest BCUT2D eigenvalue weighted by Crippen LogP contribution is 2.26. The standard InChI is InChI=1S/C18H18FN3O2S2/c1-9-10(2)26-18-15(9)17(24)21-14(22-18)8-25-11(3)16(23)20-13-6-4-5-12(19)7-13/h4-7,11H,8H2,1-3H3,(H,20,23)(H,21,22,24). The van der Waals surface area contributed by atoms with Crippen molar-refractivity contribution in [1.82, 2.24) is 9.97 Å². The van der Waals surface area contributed by atoms with Crippen LogP contribution < -0.4 is 10.9 Å². The van der Waals surface area contributed by atoms with Gasteiger partial charge in [0.25, 0.3) is 5.56 Å². The number of aromatic amines is 1. The number of thiophene rings is 1. The van der Waals surface area contributed by atoms with E-state index in [2.05, 4.69) is 15.3 Å². The highest BCUT2D eigenvalue weighted by atomic mass is 32.2. The van der Waals surface area contributed by atoms with Gasteiger partial charge in [0.2, 0.25) is 5.91 Å². The second-order valence-corrected chi connectivity index (χ2v) is 8.46. The SMILES string of the molecule is Cc1sc2nc(CSC(C)C(=O)Nc3cccc(F)c3)[nH]c(=O)c2c1C. The molecule has 5 nitrogen and oxygen atoms in total. The number of H-pyrrole nitrogens is 1. The molecule has 0 radical (unpaired) electrons. The Hall–Kier alpha value is -2.19. The maximum Gasteiger partial charge on any atom is 0.259 e. The lowest BCUT2D eigenvalue weighted by atomic mass is 10.2. The number of nitrogens with zero attached hydrogens (tertiary/aromatic N) is 1. The van der Waals surface area contributed by atoms with E-state index in [4.69, 9.17) is 0 Å². The van der Waals surface area contributed by atoms with Gasteiger partial charge in [-0.15, -0.1) is 23.1 Å². The molecular weight excluding hydrogens is 373 g/mol. The molecule has 2 N–H and O–H groups in total. The minimum Gasteiger partial charge on any atom is -0.325 e. The van der Waals surface area contributed by atoms with Gasteiger partial charge in [-0.1, -0.05) is 6.07 Å². The van der Waals surface area contributed by atoms with Crippen LogP contribution in [0.3, 0.4) is 0 Å². The number of hydrogen-bond acceptors (Lipinski definition) is 5. The third-order valence-corrected chi connectivity index (χ3v) is 6.27. The summed E-state index contributed by atoms with van der Waals surface area (Å²) in [4.78, 5) is 33.6. The van der Waals surface area contributed by atoms with Crippen molar-refractivity contribution in [3.8, 4) is 0 Å². The Morgan fingerprint density at radius 3 is 2.92 bits per heavy atom. The number of hydrogen-bond donors (Lipinski definition) is 2. The Bertz CT molecular complexity index is 1030. The molecule has 2 aromatic heterocycles. The number of aryl methyl sites for hydroxylation is 2. The van der Waals surface area contributed by atoms with Crippen LogP contribution in [0.4, 0.5) is 10.1 Å². The Balaban J connectivity index is 1.67. The number of nitrogens with one attached hydrogen (secondary N) is 2. The summed E-state index contributed by atoms with van der Waals surface area (Å²) in [6.45, 7) is 5.64. The summed E-state index contributed by atoms with van der Waals surface area (Å²) >= 11 is 2.85. The third kappa shape index (κ3) is 3.96. The van der Waals surface area contributed by atoms with Gasteiger partial charge in [0.15, 0.2) is 0 Å². The molecule has 0 aliphatic heterocycles. The van der Waals surface area contributed by atoms with Crippen LogP contribution in [-0.2, 0) is 10.5 Å². The van der Waals surface area contributed by atoms with Crippen LogP contribution in [0.1, 0.15) is 23.2 Å². The highest BCUT2D eigenvalue weighted by molar-refractivity contribution is 7.99. The van der Waals surface area contributed by atoms with Gasteiger partial charge in [-0.05, 0) is 44.5 Å². The number of thioether (sulfide) groups is 1. The van der Waals surface area contributed by atoms with Crippen LogP contribution in [0.15, 0.2) is 29.1 Å². The molecule has 3 rings (SSSR count). The van der Waals surface area contributed by atoms with Crippen LogP contribution in [0.5, 0.6) is 0 Å². The molecule has 8 heteroatoms. The van der Waals surface area contributed by atoms with Crippen molar-refractivity contribution in [1.29, 1.82) is 0 Å². The van der Waals surface area contributed by atoms with Crippen LogP contribution in [0.25, 0.3) is 10.2 Å². The van der Waals surface area contributed by atoms with Crippen LogP contribution in [0.2, 0.25) is 0 Å². The summed E-state index contributed by atoms with van der Waals surface area (Å²) in [5, 5.41) is 2.93. The molecule has 1 amide bonds. The zero-order chi connectivity index (χ0) is 18.8. The van der Waals surface area contributed by atoms with Gasteiger partial charge in [-0.25, -0.2) is 9.37 Å². The van der Waals surface area contributed by atoms with E-state index >= 15 is 0 Å². The lowest BCUT2D eigenvalue weighted by Gasteiger charge is -2.11. The van der Waals surface area contributed by atoms with E-state index in [1.807, 2.05) is 13.8 Å². The fourth-order valence-corrected chi connectivity index (χ4v) is 4.26. The minimum atomic E-state index is -0.403. The number of halogens is 1. The second-order valence-electron chi connectivity index (χ2n) is 5.93. The maximum atomic E-state index is 13.2. The average Bonchev–Trinajstić information content (AvgIpc) is 2.87. The molecule has 26 heavy (non-hydrogen) atoms. The molecule has 2 heterocycles. The van der Waals surface area contributed by atoms with Gasteiger partial charge in [0.05, 0.1) is 16.4 Å². The monoisotopic (exact) mass is 391 g/mol. The van der Waals surface area contributed by atoms with Gasteiger partial charge in [-0.3, -0.25) is 9.59 Å². The summed E-state index contributed by atoms with van der Waals surface area (Å²) in [6, 6.07) is 5.76. The lowest BCUT2D eigenvalue weighted by Crippen LogP contribution is -2.23. The van der Waals surface area contributed by atoms with E-state index in [0.29, 0.717) is 22.7 Å². The summed E-state index contributed by atoms with van der Waals surface area (Å²) in [5.74, 6) is 0.310. The predicted octanol–water partition coefficient (Wildman–Crippen LogP) is 4.00. The number of benzene rings is 1. The van der Waals surface area contributed by atoms with Crippen molar-refractivity contribution in [2.75, 3.05) is 5.32 Å². The maximum absolute atomic E-state index is 13.2. The van der Waals surface area contributed by atoms with E-state index < -0.39 is 5.82 Å². The molecule has 0 spiro atoms. The molecule has 1 atom stereocenters. The average molecular weight is 391 g/mol. The Morgan fingerprint density at radius 1 is 1.42 bits per heavy atom. The number of carbonyl (C=O) groups excluding carboxylic acids is 1. The second kappa shape index (κ2) is 7.59. The number of amides is 1. The Labute approximate surface area is 158 Å². The van der Waals surface area contributed by atoms with Gasteiger partial charge in [0.1, 0.15) is 16.5 Å². The number of aromatic nitrogens is 2. The molecule has 0 aliphatic carbocycles. The van der Waals surface area contributed by atoms with Crippen LogP contribution in [-0.4, -0.2) is 21.1 Å². The van der Waals surface area contributed by atoms with Crippen molar-refractivity contribution in [3.63, 3.8) is 0 Å². The van der Waals surface area contributed by atoms with Crippen molar-refractivity contribution in [2.45, 2.75) is 31.8 Å². The van der Waals surface area contributed by atoms with E-state index in [0.717, 1.165) is 15.3 Å².